The molecule has 0 aromatic heterocycles. The summed E-state index contributed by atoms with van der Waals surface area (Å²) in [4.78, 5) is 64.1. The Hall–Kier alpha value is -6.69. The number of hydrazine groups is 1. The molecule has 4 rings (SSSR count). The summed E-state index contributed by atoms with van der Waals surface area (Å²) < 4.78 is 5.57. The Labute approximate surface area is 314 Å². The van der Waals surface area contributed by atoms with E-state index in [0.29, 0.717) is 42.2 Å². The van der Waals surface area contributed by atoms with Crippen LogP contribution in [-0.2, 0) is 32.1 Å². The number of terminal acetylenes is 1. The van der Waals surface area contributed by atoms with Gasteiger partial charge in [0.2, 0.25) is 17.7 Å². The molecular weight excluding hydrogens is 690 g/mol. The lowest BCUT2D eigenvalue weighted by molar-refractivity contribution is -0.131. The second-order valence-electron chi connectivity index (χ2n) is 12.7. The number of amidine groups is 2. The molecule has 1 aliphatic heterocycles. The number of anilines is 1. The number of benzene rings is 3. The molecule has 1 aliphatic rings. The van der Waals surface area contributed by atoms with Crippen LogP contribution in [0.5, 0.6) is 0 Å². The summed E-state index contributed by atoms with van der Waals surface area (Å²) in [5.74, 6) is 1.55. The van der Waals surface area contributed by atoms with E-state index in [4.69, 9.17) is 16.9 Å². The molecule has 0 spiro atoms. The van der Waals surface area contributed by atoms with Crippen molar-refractivity contribution in [3.8, 4) is 12.3 Å². The van der Waals surface area contributed by atoms with E-state index in [9.17, 15) is 24.0 Å². The minimum atomic E-state index is -1.01. The fourth-order valence-corrected chi connectivity index (χ4v) is 5.27. The molecule has 282 valence electrons. The van der Waals surface area contributed by atoms with Gasteiger partial charge in [-0.15, -0.1) is 22.5 Å². The number of amides is 6. The summed E-state index contributed by atoms with van der Waals surface area (Å²) in [5.41, 5.74) is 10.7. The number of ether oxygens (including phenoxy) is 1. The van der Waals surface area contributed by atoms with Crippen molar-refractivity contribution in [3.63, 3.8) is 0 Å². The van der Waals surface area contributed by atoms with Crippen LogP contribution in [0.2, 0.25) is 0 Å². The Kier molecular flexibility index (Phi) is 15.1. The summed E-state index contributed by atoms with van der Waals surface area (Å²) in [6.07, 6.45) is 5.94. The summed E-state index contributed by atoms with van der Waals surface area (Å²) in [7, 11) is 0. The number of nitrogens with one attached hydrogen (secondary N) is 5. The van der Waals surface area contributed by atoms with Gasteiger partial charge in [0, 0.05) is 30.6 Å². The summed E-state index contributed by atoms with van der Waals surface area (Å²) in [5, 5.41) is 20.4. The average molecular weight is 736 g/mol. The third kappa shape index (κ3) is 12.5. The number of nitrogens with zero attached hydrogens (tertiary/aromatic N) is 3. The molecule has 3 aromatic carbocycles. The number of hydrogen-bond donors (Lipinski definition) is 6. The zero-order chi connectivity index (χ0) is 38.9. The number of nitrogens with two attached hydrogens (primary N) is 1. The van der Waals surface area contributed by atoms with Gasteiger partial charge in [-0.1, -0.05) is 86.6 Å². The molecule has 3 aromatic rings. The molecule has 15 heteroatoms. The van der Waals surface area contributed by atoms with Crippen molar-refractivity contribution < 1.29 is 28.7 Å². The second-order valence-corrected chi connectivity index (χ2v) is 12.7. The number of rotatable bonds is 17. The highest BCUT2D eigenvalue weighted by Crippen LogP contribution is 2.15. The second kappa shape index (κ2) is 20.4. The normalized spacial score (nSPS) is 13.2. The maximum Gasteiger partial charge on any atom is 0.435 e. The zero-order valence-corrected chi connectivity index (χ0v) is 30.2. The summed E-state index contributed by atoms with van der Waals surface area (Å²) >= 11 is 0. The van der Waals surface area contributed by atoms with Crippen LogP contribution in [-0.4, -0.2) is 65.2 Å². The van der Waals surface area contributed by atoms with Gasteiger partial charge in [-0.3, -0.25) is 19.8 Å². The smallest absolute Gasteiger partial charge is 0.435 e. The van der Waals surface area contributed by atoms with E-state index in [1.165, 1.54) is 5.01 Å². The minimum absolute atomic E-state index is 0.0934. The standard InChI is InChI=1S/C39H45N9O6/c1-4-5-18-32-45-46-35(29-15-10-7-11-16-29)47-48(32)39(53)54-25-28-19-21-30(22-20-28)42-36(50)31(17-12-23-41-38(40)52)43-37(51)34(26(2)3)44-33(49)24-27-13-8-6-9-14-27/h1,6-11,13-16,19-22,26,31,34H,5,12,17-18,23-25H2,2-3H3,(H,42,50)(H,43,51)(H,44,49)(H,46,47)(H3,40,41,52). The summed E-state index contributed by atoms with van der Waals surface area (Å²) in [6, 6.07) is 22.3. The van der Waals surface area contributed by atoms with E-state index < -0.39 is 36.0 Å². The van der Waals surface area contributed by atoms with Crippen molar-refractivity contribution in [3.05, 3.63) is 102 Å². The van der Waals surface area contributed by atoms with Crippen LogP contribution in [0.15, 0.2) is 95.1 Å². The summed E-state index contributed by atoms with van der Waals surface area (Å²) in [6.45, 7) is 3.68. The highest BCUT2D eigenvalue weighted by atomic mass is 16.6. The van der Waals surface area contributed by atoms with E-state index in [1.54, 1.807) is 38.1 Å². The fourth-order valence-electron chi connectivity index (χ4n) is 5.27. The van der Waals surface area contributed by atoms with E-state index in [0.717, 1.165) is 11.1 Å². The number of hydrogen-bond acceptors (Lipinski definition) is 9. The predicted octanol–water partition coefficient (Wildman–Crippen LogP) is 3.57. The lowest BCUT2D eigenvalue weighted by atomic mass is 10.0. The molecule has 0 bridgehead atoms. The topological polar surface area (TPSA) is 209 Å². The first-order valence-corrected chi connectivity index (χ1v) is 17.5. The van der Waals surface area contributed by atoms with Gasteiger partial charge in [0.25, 0.3) is 0 Å². The molecule has 0 radical (unpaired) electrons. The Morgan fingerprint density at radius 3 is 2.22 bits per heavy atom. The van der Waals surface area contributed by atoms with Crippen LogP contribution in [0.1, 0.15) is 56.2 Å². The molecular formula is C39H45N9O6. The van der Waals surface area contributed by atoms with Gasteiger partial charge in [0.05, 0.1) is 6.42 Å². The largest absolute Gasteiger partial charge is 0.443 e. The van der Waals surface area contributed by atoms with Crippen molar-refractivity contribution in [2.75, 3.05) is 11.9 Å². The van der Waals surface area contributed by atoms with Crippen LogP contribution in [0, 0.1) is 18.3 Å². The lowest BCUT2D eigenvalue weighted by Crippen LogP contribution is -2.54. The van der Waals surface area contributed by atoms with Crippen LogP contribution in [0.4, 0.5) is 15.3 Å². The van der Waals surface area contributed by atoms with Gasteiger partial charge in [-0.05, 0) is 42.0 Å². The SMILES string of the molecule is C#CCCC1=NN=C(c2ccccc2)NN1C(=O)OCc1ccc(NC(=O)C(CCCNC(N)=O)NC(=O)C(NC(=O)Cc2ccccc2)C(C)C)cc1. The predicted molar refractivity (Wildman–Crippen MR) is 204 cm³/mol. The molecule has 7 N–H and O–H groups in total. The van der Waals surface area contributed by atoms with E-state index in [2.05, 4.69) is 42.8 Å². The van der Waals surface area contributed by atoms with Gasteiger partial charge in [-0.2, -0.15) is 5.01 Å². The molecule has 0 aliphatic carbocycles. The van der Waals surface area contributed by atoms with Crippen molar-refractivity contribution >= 4 is 47.2 Å². The molecule has 0 saturated heterocycles. The quantitative estimate of drug-likeness (QED) is 0.0896. The number of carbonyl (C=O) groups is 5. The Balaban J connectivity index is 1.37. The first-order chi connectivity index (χ1) is 26.0. The molecule has 6 amide bonds. The molecule has 2 unspecified atom stereocenters. The molecule has 2 atom stereocenters. The number of urea groups is 1. The number of primary amides is 1. The zero-order valence-electron chi connectivity index (χ0n) is 30.2. The van der Waals surface area contributed by atoms with E-state index in [1.807, 2.05) is 60.7 Å². The van der Waals surface area contributed by atoms with Gasteiger partial charge in [0.1, 0.15) is 18.7 Å². The molecule has 0 fully saturated rings. The lowest BCUT2D eigenvalue weighted by Gasteiger charge is -2.27. The van der Waals surface area contributed by atoms with Crippen molar-refractivity contribution in [1.29, 1.82) is 0 Å². The Morgan fingerprint density at radius 2 is 1.57 bits per heavy atom. The van der Waals surface area contributed by atoms with Gasteiger partial charge in [-0.25, -0.2) is 9.59 Å². The van der Waals surface area contributed by atoms with Crippen LogP contribution in [0.25, 0.3) is 0 Å². The van der Waals surface area contributed by atoms with E-state index >= 15 is 0 Å². The van der Waals surface area contributed by atoms with Gasteiger partial charge < -0.3 is 31.7 Å². The maximum atomic E-state index is 13.5. The minimum Gasteiger partial charge on any atom is -0.443 e. The third-order valence-corrected chi connectivity index (χ3v) is 8.12. The Bertz CT molecular complexity index is 1860. The number of carbonyl (C=O) groups excluding carboxylic acids is 5. The van der Waals surface area contributed by atoms with Crippen molar-refractivity contribution in [1.82, 2.24) is 26.4 Å². The molecule has 0 saturated carbocycles. The highest BCUT2D eigenvalue weighted by Gasteiger charge is 2.29. The van der Waals surface area contributed by atoms with Gasteiger partial charge >= 0.3 is 12.1 Å². The molecule has 15 nitrogen and oxygen atoms in total. The van der Waals surface area contributed by atoms with Crippen molar-refractivity contribution in [2.24, 2.45) is 21.9 Å². The van der Waals surface area contributed by atoms with Gasteiger partial charge in [0.15, 0.2) is 11.7 Å². The monoisotopic (exact) mass is 735 g/mol. The molecule has 54 heavy (non-hydrogen) atoms. The average Bonchev–Trinajstić information content (AvgIpc) is 3.17. The first kappa shape index (κ1) is 40.1. The van der Waals surface area contributed by atoms with Crippen LogP contribution in [0.3, 0.4) is 0 Å². The van der Waals surface area contributed by atoms with Crippen molar-refractivity contribution in [2.45, 2.75) is 64.6 Å². The molecule has 1 heterocycles. The van der Waals surface area contributed by atoms with E-state index in [-0.39, 0.29) is 37.8 Å². The third-order valence-electron chi connectivity index (χ3n) is 8.12. The fraction of sp³-hybridized carbons (Fsp3) is 0.308. The first-order valence-electron chi connectivity index (χ1n) is 17.5. The Morgan fingerprint density at radius 1 is 0.889 bits per heavy atom. The maximum absolute atomic E-state index is 13.5. The van der Waals surface area contributed by atoms with Crippen LogP contribution >= 0.6 is 0 Å². The highest BCUT2D eigenvalue weighted by molar-refractivity contribution is 6.06. The van der Waals surface area contributed by atoms with Crippen LogP contribution < -0.4 is 32.4 Å².